The summed E-state index contributed by atoms with van der Waals surface area (Å²) in [7, 11) is 0. The SMILES string of the molecule is CCn1nc(C)c(Br)c1CNC(C)C1CCOCC1. The third kappa shape index (κ3) is 3.58. The maximum atomic E-state index is 5.42. The lowest BCUT2D eigenvalue weighted by Gasteiger charge is -2.28. The van der Waals surface area contributed by atoms with Crippen molar-refractivity contribution in [3.05, 3.63) is 15.9 Å². The summed E-state index contributed by atoms with van der Waals surface area (Å²) in [5.74, 6) is 0.728. The molecule has 0 spiro atoms. The molecule has 1 aromatic heterocycles. The van der Waals surface area contributed by atoms with E-state index in [2.05, 4.69) is 44.9 Å². The van der Waals surface area contributed by atoms with Crippen molar-refractivity contribution in [2.45, 2.75) is 52.7 Å². The van der Waals surface area contributed by atoms with Crippen LogP contribution in [0.5, 0.6) is 0 Å². The van der Waals surface area contributed by atoms with Crippen LogP contribution in [-0.4, -0.2) is 29.0 Å². The Morgan fingerprint density at radius 1 is 1.47 bits per heavy atom. The fourth-order valence-electron chi connectivity index (χ4n) is 2.68. The summed E-state index contributed by atoms with van der Waals surface area (Å²) in [6.07, 6.45) is 2.34. The Morgan fingerprint density at radius 3 is 2.79 bits per heavy atom. The van der Waals surface area contributed by atoms with Gasteiger partial charge in [-0.05, 0) is 55.5 Å². The van der Waals surface area contributed by atoms with Crippen LogP contribution in [0, 0.1) is 12.8 Å². The maximum absolute atomic E-state index is 5.42. The van der Waals surface area contributed by atoms with Gasteiger partial charge in [0.15, 0.2) is 0 Å². The summed E-state index contributed by atoms with van der Waals surface area (Å²) >= 11 is 3.64. The van der Waals surface area contributed by atoms with Crippen molar-refractivity contribution in [3.63, 3.8) is 0 Å². The minimum absolute atomic E-state index is 0.524. The van der Waals surface area contributed by atoms with Crippen LogP contribution < -0.4 is 5.32 Å². The van der Waals surface area contributed by atoms with Gasteiger partial charge in [-0.25, -0.2) is 0 Å². The van der Waals surface area contributed by atoms with Crippen molar-refractivity contribution in [1.29, 1.82) is 0 Å². The van der Waals surface area contributed by atoms with Gasteiger partial charge in [0.25, 0.3) is 0 Å². The first-order valence-electron chi connectivity index (χ1n) is 7.16. The summed E-state index contributed by atoms with van der Waals surface area (Å²) < 4.78 is 8.63. The highest BCUT2D eigenvalue weighted by Gasteiger charge is 2.21. The van der Waals surface area contributed by atoms with E-state index < -0.39 is 0 Å². The van der Waals surface area contributed by atoms with Gasteiger partial charge in [-0.2, -0.15) is 5.10 Å². The van der Waals surface area contributed by atoms with E-state index in [-0.39, 0.29) is 0 Å². The van der Waals surface area contributed by atoms with Crippen molar-refractivity contribution in [1.82, 2.24) is 15.1 Å². The second-order valence-corrected chi connectivity index (χ2v) is 6.07. The fourth-order valence-corrected chi connectivity index (χ4v) is 3.10. The van der Waals surface area contributed by atoms with Crippen LogP contribution in [0.2, 0.25) is 0 Å². The van der Waals surface area contributed by atoms with Gasteiger partial charge in [-0.3, -0.25) is 4.68 Å². The molecule has 0 radical (unpaired) electrons. The smallest absolute Gasteiger partial charge is 0.0739 e. The van der Waals surface area contributed by atoms with Crippen molar-refractivity contribution >= 4 is 15.9 Å². The minimum Gasteiger partial charge on any atom is -0.381 e. The average Bonchev–Trinajstić information content (AvgIpc) is 2.72. The van der Waals surface area contributed by atoms with Gasteiger partial charge in [-0.15, -0.1) is 0 Å². The van der Waals surface area contributed by atoms with Gasteiger partial charge in [-0.1, -0.05) is 0 Å². The second-order valence-electron chi connectivity index (χ2n) is 5.28. The monoisotopic (exact) mass is 329 g/mol. The molecule has 1 N–H and O–H groups in total. The van der Waals surface area contributed by atoms with Crippen LogP contribution in [0.25, 0.3) is 0 Å². The first-order chi connectivity index (χ1) is 9.13. The molecule has 108 valence electrons. The molecule has 4 nitrogen and oxygen atoms in total. The standard InChI is InChI=1S/C14H24BrN3O/c1-4-18-13(14(15)11(3)17-18)9-16-10(2)12-5-7-19-8-6-12/h10,12,16H,4-9H2,1-3H3. The van der Waals surface area contributed by atoms with E-state index in [1.165, 1.54) is 18.5 Å². The summed E-state index contributed by atoms with van der Waals surface area (Å²) in [5, 5.41) is 8.18. The molecule has 1 aliphatic heterocycles. The summed E-state index contributed by atoms with van der Waals surface area (Å²) in [5.41, 5.74) is 2.32. The van der Waals surface area contributed by atoms with Gasteiger partial charge < -0.3 is 10.1 Å². The zero-order chi connectivity index (χ0) is 13.8. The number of hydrogen-bond acceptors (Lipinski definition) is 3. The molecule has 19 heavy (non-hydrogen) atoms. The van der Waals surface area contributed by atoms with Gasteiger partial charge in [0.1, 0.15) is 0 Å². The Hall–Kier alpha value is -0.390. The lowest BCUT2D eigenvalue weighted by atomic mass is 9.93. The van der Waals surface area contributed by atoms with Gasteiger partial charge in [0.05, 0.1) is 15.9 Å². The first-order valence-corrected chi connectivity index (χ1v) is 7.95. The number of nitrogens with one attached hydrogen (secondary N) is 1. The van der Waals surface area contributed by atoms with Gasteiger partial charge >= 0.3 is 0 Å². The molecule has 0 amide bonds. The Bertz CT molecular complexity index is 413. The highest BCUT2D eigenvalue weighted by Crippen LogP contribution is 2.22. The van der Waals surface area contributed by atoms with E-state index in [0.29, 0.717) is 6.04 Å². The number of aryl methyl sites for hydroxylation is 2. The van der Waals surface area contributed by atoms with E-state index in [4.69, 9.17) is 4.74 Å². The van der Waals surface area contributed by atoms with E-state index in [1.54, 1.807) is 0 Å². The molecular formula is C14H24BrN3O. The molecule has 0 bridgehead atoms. The average molecular weight is 330 g/mol. The van der Waals surface area contributed by atoms with E-state index in [0.717, 1.165) is 42.4 Å². The molecular weight excluding hydrogens is 306 g/mol. The second kappa shape index (κ2) is 6.86. The Morgan fingerprint density at radius 2 is 2.16 bits per heavy atom. The number of nitrogens with zero attached hydrogens (tertiary/aromatic N) is 2. The molecule has 1 aliphatic rings. The van der Waals surface area contributed by atoms with Crippen LogP contribution in [0.15, 0.2) is 4.47 Å². The first kappa shape index (κ1) is 15.0. The van der Waals surface area contributed by atoms with Gasteiger partial charge in [0.2, 0.25) is 0 Å². The zero-order valence-electron chi connectivity index (χ0n) is 12.1. The molecule has 1 saturated heterocycles. The highest BCUT2D eigenvalue weighted by atomic mass is 79.9. The third-order valence-corrected chi connectivity index (χ3v) is 5.05. The summed E-state index contributed by atoms with van der Waals surface area (Å²) in [4.78, 5) is 0. The number of rotatable bonds is 5. The Balaban J connectivity index is 1.94. The lowest BCUT2D eigenvalue weighted by molar-refractivity contribution is 0.0557. The molecule has 0 aromatic carbocycles. The van der Waals surface area contributed by atoms with Crippen molar-refractivity contribution in [3.8, 4) is 0 Å². The number of aromatic nitrogens is 2. The molecule has 1 fully saturated rings. The zero-order valence-corrected chi connectivity index (χ0v) is 13.7. The van der Waals surface area contributed by atoms with E-state index >= 15 is 0 Å². The van der Waals surface area contributed by atoms with E-state index in [1.807, 2.05) is 6.92 Å². The number of ether oxygens (including phenoxy) is 1. The quantitative estimate of drug-likeness (QED) is 0.902. The van der Waals surface area contributed by atoms with Crippen LogP contribution in [0.3, 0.4) is 0 Å². The van der Waals surface area contributed by atoms with Crippen LogP contribution in [-0.2, 0) is 17.8 Å². The van der Waals surface area contributed by atoms with Crippen LogP contribution >= 0.6 is 15.9 Å². The topological polar surface area (TPSA) is 39.1 Å². The highest BCUT2D eigenvalue weighted by molar-refractivity contribution is 9.10. The maximum Gasteiger partial charge on any atom is 0.0739 e. The predicted octanol–water partition coefficient (Wildman–Crippen LogP) is 2.88. The largest absolute Gasteiger partial charge is 0.381 e. The molecule has 2 rings (SSSR count). The third-order valence-electron chi connectivity index (χ3n) is 4.02. The molecule has 1 aromatic rings. The van der Waals surface area contributed by atoms with Gasteiger partial charge in [0, 0.05) is 32.3 Å². The normalized spacial score (nSPS) is 18.7. The van der Waals surface area contributed by atoms with Crippen molar-refractivity contribution in [2.24, 2.45) is 5.92 Å². The molecule has 0 saturated carbocycles. The Labute approximate surface area is 124 Å². The minimum atomic E-state index is 0.524. The van der Waals surface area contributed by atoms with Crippen molar-refractivity contribution in [2.75, 3.05) is 13.2 Å². The molecule has 1 unspecified atom stereocenters. The number of hydrogen-bond donors (Lipinski definition) is 1. The molecule has 5 heteroatoms. The molecule has 2 heterocycles. The number of halogens is 1. The summed E-state index contributed by atoms with van der Waals surface area (Å²) in [6.45, 7) is 10.1. The summed E-state index contributed by atoms with van der Waals surface area (Å²) in [6, 6.07) is 0.524. The predicted molar refractivity (Wildman–Crippen MR) is 80.2 cm³/mol. The molecule has 0 aliphatic carbocycles. The Kier molecular flexibility index (Phi) is 5.42. The fraction of sp³-hybridized carbons (Fsp3) is 0.786. The molecule has 1 atom stereocenters. The van der Waals surface area contributed by atoms with E-state index in [9.17, 15) is 0 Å². The van der Waals surface area contributed by atoms with Crippen molar-refractivity contribution < 1.29 is 4.74 Å². The lowest BCUT2D eigenvalue weighted by Crippen LogP contribution is -2.36. The van der Waals surface area contributed by atoms with Crippen LogP contribution in [0.1, 0.15) is 38.1 Å². The van der Waals surface area contributed by atoms with Crippen LogP contribution in [0.4, 0.5) is 0 Å².